The number of hydrogen-bond acceptors (Lipinski definition) is 4. The third-order valence-electron chi connectivity index (χ3n) is 6.41. The number of carboxylic acid groups (broad SMARTS) is 1. The molecule has 0 saturated carbocycles. The summed E-state index contributed by atoms with van der Waals surface area (Å²) in [6, 6.07) is 28.1. The quantitative estimate of drug-likeness (QED) is 0.211. The van der Waals surface area contributed by atoms with Crippen LogP contribution in [0.2, 0.25) is 0 Å². The Bertz CT molecular complexity index is 1610. The van der Waals surface area contributed by atoms with E-state index < -0.39 is 17.9 Å². The summed E-state index contributed by atoms with van der Waals surface area (Å²) in [6.07, 6.45) is 0.127. The van der Waals surface area contributed by atoms with E-state index in [4.69, 9.17) is 4.74 Å². The van der Waals surface area contributed by atoms with Gasteiger partial charge in [0.1, 0.15) is 24.2 Å². The smallest absolute Gasteiger partial charge is 0.326 e. The molecule has 0 aliphatic carbocycles. The number of aryl methyl sites for hydroxylation is 1. The van der Waals surface area contributed by atoms with Gasteiger partial charge in [0.05, 0.1) is 4.88 Å². The van der Waals surface area contributed by atoms with Crippen LogP contribution in [0.5, 0.6) is 5.75 Å². The van der Waals surface area contributed by atoms with Crippen molar-refractivity contribution in [1.82, 2.24) is 5.32 Å². The van der Waals surface area contributed by atoms with E-state index in [1.807, 2.05) is 25.1 Å². The topological polar surface area (TPSA) is 75.6 Å². The number of thiophene rings is 1. The molecular weight excluding hydrogens is 513 g/mol. The van der Waals surface area contributed by atoms with Crippen molar-refractivity contribution < 1.29 is 23.8 Å². The Hall–Kier alpha value is -4.49. The fraction of sp³-hybridized carbons (Fsp3) is 0.125. The van der Waals surface area contributed by atoms with Gasteiger partial charge in [0.15, 0.2) is 0 Å². The highest BCUT2D eigenvalue weighted by molar-refractivity contribution is 7.20. The van der Waals surface area contributed by atoms with Crippen molar-refractivity contribution in [2.24, 2.45) is 0 Å². The number of carboxylic acids is 1. The van der Waals surface area contributed by atoms with Crippen LogP contribution in [0.1, 0.15) is 26.4 Å². The van der Waals surface area contributed by atoms with Gasteiger partial charge in [0, 0.05) is 11.1 Å². The summed E-state index contributed by atoms with van der Waals surface area (Å²) in [6.45, 7) is 2.33. The minimum absolute atomic E-state index is 0.127. The largest absolute Gasteiger partial charge is 0.489 e. The van der Waals surface area contributed by atoms with Crippen LogP contribution in [0, 0.1) is 12.7 Å². The van der Waals surface area contributed by atoms with Crippen molar-refractivity contribution in [3.05, 3.63) is 124 Å². The van der Waals surface area contributed by atoms with Gasteiger partial charge in [-0.15, -0.1) is 11.3 Å². The number of amides is 1. The molecule has 1 amide bonds. The fourth-order valence-electron chi connectivity index (χ4n) is 4.22. The van der Waals surface area contributed by atoms with Gasteiger partial charge in [0.2, 0.25) is 0 Å². The van der Waals surface area contributed by atoms with E-state index in [1.54, 1.807) is 42.5 Å². The van der Waals surface area contributed by atoms with E-state index in [-0.39, 0.29) is 18.8 Å². The number of aliphatic carboxylic acids is 1. The van der Waals surface area contributed by atoms with Crippen LogP contribution in [0.25, 0.3) is 21.2 Å². The van der Waals surface area contributed by atoms with Gasteiger partial charge in [-0.25, -0.2) is 9.18 Å². The molecule has 1 heterocycles. The van der Waals surface area contributed by atoms with Crippen molar-refractivity contribution in [2.45, 2.75) is 26.0 Å². The molecule has 0 aliphatic heterocycles. The summed E-state index contributed by atoms with van der Waals surface area (Å²) in [5.74, 6) is -1.22. The van der Waals surface area contributed by atoms with Crippen LogP contribution in [-0.2, 0) is 17.8 Å². The predicted octanol–water partition coefficient (Wildman–Crippen LogP) is 7.02. The SMILES string of the molecule is Cc1ccc(-c2ccc3sc(C(=O)NC(Cc4ccc(OCc5ccc(F)cc5)cc4)C(=O)O)cc3c2)cc1. The lowest BCUT2D eigenvalue weighted by atomic mass is 10.0. The summed E-state index contributed by atoms with van der Waals surface area (Å²) in [5, 5.41) is 13.4. The zero-order valence-electron chi connectivity index (χ0n) is 21.2. The van der Waals surface area contributed by atoms with Crippen LogP contribution in [0.15, 0.2) is 97.1 Å². The standard InChI is InChI=1S/C32H26FNO4S/c1-20-2-8-23(9-3-20)24-10-15-29-25(17-24)18-30(39-29)31(35)34-28(32(36)37)16-21-6-13-27(14-7-21)38-19-22-4-11-26(33)12-5-22/h2-15,17-18,28H,16,19H2,1H3,(H,34,35)(H,36,37). The molecule has 39 heavy (non-hydrogen) atoms. The van der Waals surface area contributed by atoms with Crippen LogP contribution in [0.4, 0.5) is 4.39 Å². The summed E-state index contributed by atoms with van der Waals surface area (Å²) in [4.78, 5) is 25.4. The van der Waals surface area contributed by atoms with E-state index in [9.17, 15) is 19.1 Å². The number of rotatable bonds is 9. The third kappa shape index (κ3) is 6.51. The fourth-order valence-corrected chi connectivity index (χ4v) is 5.16. The van der Waals surface area contributed by atoms with Crippen LogP contribution in [-0.4, -0.2) is 23.0 Å². The van der Waals surface area contributed by atoms with Crippen molar-refractivity contribution in [2.75, 3.05) is 0 Å². The summed E-state index contributed by atoms with van der Waals surface area (Å²) < 4.78 is 19.7. The van der Waals surface area contributed by atoms with Crippen LogP contribution < -0.4 is 10.1 Å². The first-order valence-electron chi connectivity index (χ1n) is 12.4. The Balaban J connectivity index is 1.23. The van der Waals surface area contributed by atoms with Gasteiger partial charge >= 0.3 is 5.97 Å². The molecule has 7 heteroatoms. The molecule has 1 aromatic heterocycles. The molecule has 0 saturated heterocycles. The monoisotopic (exact) mass is 539 g/mol. The van der Waals surface area contributed by atoms with Gasteiger partial charge in [0.25, 0.3) is 5.91 Å². The second kappa shape index (κ2) is 11.5. The summed E-state index contributed by atoms with van der Waals surface area (Å²) in [7, 11) is 0. The highest BCUT2D eigenvalue weighted by atomic mass is 32.1. The van der Waals surface area contributed by atoms with Crippen LogP contribution in [0.3, 0.4) is 0 Å². The maximum absolute atomic E-state index is 13.1. The third-order valence-corrected chi connectivity index (χ3v) is 7.53. The van der Waals surface area contributed by atoms with Crippen molar-refractivity contribution in [3.8, 4) is 16.9 Å². The van der Waals surface area contributed by atoms with Crippen LogP contribution >= 0.6 is 11.3 Å². The number of ether oxygens (including phenoxy) is 1. The van der Waals surface area contributed by atoms with Gasteiger partial charge < -0.3 is 15.2 Å². The number of carbonyl (C=O) groups is 2. The van der Waals surface area contributed by atoms with E-state index in [0.717, 1.165) is 32.3 Å². The van der Waals surface area contributed by atoms with Gasteiger partial charge in [-0.05, 0) is 77.0 Å². The number of carbonyl (C=O) groups excluding carboxylic acids is 1. The average molecular weight is 540 g/mol. The van der Waals surface area contributed by atoms with Gasteiger partial charge in [-0.2, -0.15) is 0 Å². The minimum atomic E-state index is -1.11. The molecule has 0 aliphatic rings. The number of nitrogens with one attached hydrogen (secondary N) is 1. The number of halogens is 1. The Labute approximate surface area is 229 Å². The Kier molecular flexibility index (Phi) is 7.70. The maximum atomic E-state index is 13.1. The first kappa shape index (κ1) is 26.1. The second-order valence-corrected chi connectivity index (χ2v) is 10.4. The molecule has 5 nitrogen and oxygen atoms in total. The van der Waals surface area contributed by atoms with Gasteiger partial charge in [-0.1, -0.05) is 60.2 Å². The van der Waals surface area contributed by atoms with E-state index in [1.165, 1.54) is 29.0 Å². The highest BCUT2D eigenvalue weighted by Crippen LogP contribution is 2.30. The first-order chi connectivity index (χ1) is 18.8. The molecule has 0 radical (unpaired) electrons. The normalized spacial score (nSPS) is 11.7. The molecule has 5 rings (SSSR count). The second-order valence-electron chi connectivity index (χ2n) is 9.36. The van der Waals surface area contributed by atoms with Gasteiger partial charge in [-0.3, -0.25) is 4.79 Å². The maximum Gasteiger partial charge on any atom is 0.326 e. The highest BCUT2D eigenvalue weighted by Gasteiger charge is 2.22. The Morgan fingerprint density at radius 1 is 0.872 bits per heavy atom. The molecule has 0 fully saturated rings. The Morgan fingerprint density at radius 2 is 1.54 bits per heavy atom. The zero-order chi connectivity index (χ0) is 27.4. The lowest BCUT2D eigenvalue weighted by Crippen LogP contribution is -2.42. The summed E-state index contributed by atoms with van der Waals surface area (Å²) >= 11 is 1.34. The molecule has 0 spiro atoms. The molecule has 0 bridgehead atoms. The molecule has 2 N–H and O–H groups in total. The Morgan fingerprint density at radius 3 is 2.23 bits per heavy atom. The van der Waals surface area contributed by atoms with Crippen molar-refractivity contribution >= 4 is 33.3 Å². The van der Waals surface area contributed by atoms with E-state index in [2.05, 4.69) is 29.6 Å². The number of fused-ring (bicyclic) bond motifs is 1. The molecule has 1 atom stereocenters. The van der Waals surface area contributed by atoms with Crippen molar-refractivity contribution in [3.63, 3.8) is 0 Å². The predicted molar refractivity (Wildman–Crippen MR) is 152 cm³/mol. The minimum Gasteiger partial charge on any atom is -0.489 e. The zero-order valence-corrected chi connectivity index (χ0v) is 22.0. The summed E-state index contributed by atoms with van der Waals surface area (Å²) in [5.41, 5.74) is 4.92. The lowest BCUT2D eigenvalue weighted by molar-refractivity contribution is -0.139. The number of benzene rings is 4. The van der Waals surface area contributed by atoms with E-state index >= 15 is 0 Å². The molecule has 5 aromatic rings. The first-order valence-corrected chi connectivity index (χ1v) is 13.3. The molecule has 1 unspecified atom stereocenters. The van der Waals surface area contributed by atoms with E-state index in [0.29, 0.717) is 10.6 Å². The lowest BCUT2D eigenvalue weighted by Gasteiger charge is -2.14. The molecule has 196 valence electrons. The molecule has 4 aromatic carbocycles. The van der Waals surface area contributed by atoms with Crippen molar-refractivity contribution in [1.29, 1.82) is 0 Å². The number of hydrogen-bond donors (Lipinski definition) is 2. The molecular formula is C32H26FNO4S. The average Bonchev–Trinajstić information content (AvgIpc) is 3.37.